The predicted octanol–water partition coefficient (Wildman–Crippen LogP) is 3.44. The number of amides is 1. The van der Waals surface area contributed by atoms with Crippen molar-refractivity contribution in [3.63, 3.8) is 0 Å². The SMILES string of the molecule is COc1cc(/C=C/C(=O)N2CCN(c3cc(-c4ccccc4)ncn3)CC2)ccc1OC(C)=O. The van der Waals surface area contributed by atoms with Crippen molar-refractivity contribution in [1.29, 1.82) is 0 Å². The molecule has 0 atom stereocenters. The Morgan fingerprint density at radius 2 is 1.71 bits per heavy atom. The van der Waals surface area contributed by atoms with E-state index in [2.05, 4.69) is 14.9 Å². The minimum absolute atomic E-state index is 0.0599. The van der Waals surface area contributed by atoms with Crippen LogP contribution in [-0.4, -0.2) is 60.0 Å². The average molecular weight is 459 g/mol. The Balaban J connectivity index is 1.36. The van der Waals surface area contributed by atoms with Crippen molar-refractivity contribution >= 4 is 23.8 Å². The smallest absolute Gasteiger partial charge is 0.308 e. The fourth-order valence-electron chi connectivity index (χ4n) is 3.74. The molecule has 1 aliphatic heterocycles. The lowest BCUT2D eigenvalue weighted by atomic mass is 10.1. The van der Waals surface area contributed by atoms with E-state index >= 15 is 0 Å². The highest BCUT2D eigenvalue weighted by molar-refractivity contribution is 5.92. The molecule has 0 saturated carbocycles. The number of nitrogens with zero attached hydrogens (tertiary/aromatic N) is 4. The topological polar surface area (TPSA) is 84.9 Å². The first-order valence-electron chi connectivity index (χ1n) is 11.0. The number of hydrogen-bond donors (Lipinski definition) is 0. The maximum atomic E-state index is 12.7. The van der Waals surface area contributed by atoms with Crippen LogP contribution in [0.15, 0.2) is 67.0 Å². The number of aromatic nitrogens is 2. The zero-order valence-electron chi connectivity index (χ0n) is 19.2. The molecule has 1 aromatic heterocycles. The molecule has 8 nitrogen and oxygen atoms in total. The maximum absolute atomic E-state index is 12.7. The van der Waals surface area contributed by atoms with E-state index in [0.717, 1.165) is 22.6 Å². The highest BCUT2D eigenvalue weighted by Crippen LogP contribution is 2.28. The molecule has 0 bridgehead atoms. The molecule has 4 rings (SSSR count). The third kappa shape index (κ3) is 5.58. The second-order valence-corrected chi connectivity index (χ2v) is 7.78. The van der Waals surface area contributed by atoms with Crippen molar-refractivity contribution in [2.45, 2.75) is 6.92 Å². The van der Waals surface area contributed by atoms with E-state index < -0.39 is 5.97 Å². The molecule has 0 radical (unpaired) electrons. The normalized spacial score (nSPS) is 13.7. The van der Waals surface area contributed by atoms with Crippen molar-refractivity contribution in [2.75, 3.05) is 38.2 Å². The Kier molecular flexibility index (Phi) is 7.17. The number of carbonyl (C=O) groups excluding carboxylic acids is 2. The summed E-state index contributed by atoms with van der Waals surface area (Å²) < 4.78 is 10.4. The fourth-order valence-corrected chi connectivity index (χ4v) is 3.74. The van der Waals surface area contributed by atoms with E-state index in [1.54, 1.807) is 36.7 Å². The Hall–Kier alpha value is -4.20. The number of methoxy groups -OCH3 is 1. The summed E-state index contributed by atoms with van der Waals surface area (Å²) in [5, 5.41) is 0. The van der Waals surface area contributed by atoms with Gasteiger partial charge in [0.2, 0.25) is 5.91 Å². The number of benzene rings is 2. The summed E-state index contributed by atoms with van der Waals surface area (Å²) in [7, 11) is 1.50. The van der Waals surface area contributed by atoms with E-state index in [0.29, 0.717) is 37.7 Å². The number of rotatable bonds is 6. The van der Waals surface area contributed by atoms with Crippen LogP contribution in [0.5, 0.6) is 11.5 Å². The highest BCUT2D eigenvalue weighted by Gasteiger charge is 2.21. The van der Waals surface area contributed by atoms with Gasteiger partial charge in [0.1, 0.15) is 12.1 Å². The molecule has 34 heavy (non-hydrogen) atoms. The van der Waals surface area contributed by atoms with Crippen molar-refractivity contribution in [1.82, 2.24) is 14.9 Å². The third-order valence-corrected chi connectivity index (χ3v) is 5.50. The summed E-state index contributed by atoms with van der Waals surface area (Å²) in [5.41, 5.74) is 2.69. The molecular weight excluding hydrogens is 432 g/mol. The third-order valence-electron chi connectivity index (χ3n) is 5.50. The Bertz CT molecular complexity index is 1190. The second kappa shape index (κ2) is 10.6. The zero-order valence-corrected chi connectivity index (χ0v) is 19.2. The first-order valence-corrected chi connectivity index (χ1v) is 11.0. The van der Waals surface area contributed by atoms with Crippen molar-refractivity contribution in [2.24, 2.45) is 0 Å². The second-order valence-electron chi connectivity index (χ2n) is 7.78. The Morgan fingerprint density at radius 1 is 0.941 bits per heavy atom. The van der Waals surface area contributed by atoms with Gasteiger partial charge in [0.05, 0.1) is 12.8 Å². The molecule has 174 valence electrons. The minimum atomic E-state index is -0.422. The van der Waals surface area contributed by atoms with E-state index in [9.17, 15) is 9.59 Å². The van der Waals surface area contributed by atoms with Crippen LogP contribution >= 0.6 is 0 Å². The van der Waals surface area contributed by atoms with Crippen molar-refractivity contribution in [3.8, 4) is 22.8 Å². The van der Waals surface area contributed by atoms with Crippen LogP contribution in [-0.2, 0) is 9.59 Å². The van der Waals surface area contributed by atoms with E-state index in [-0.39, 0.29) is 5.91 Å². The monoisotopic (exact) mass is 458 g/mol. The maximum Gasteiger partial charge on any atom is 0.308 e. The summed E-state index contributed by atoms with van der Waals surface area (Å²) in [4.78, 5) is 36.7. The Morgan fingerprint density at radius 3 is 2.41 bits per heavy atom. The molecular formula is C26H26N4O4. The number of carbonyl (C=O) groups is 2. The lowest BCUT2D eigenvalue weighted by Gasteiger charge is -2.35. The summed E-state index contributed by atoms with van der Waals surface area (Å²) >= 11 is 0. The van der Waals surface area contributed by atoms with E-state index in [4.69, 9.17) is 9.47 Å². The Labute approximate surface area is 198 Å². The molecule has 1 amide bonds. The van der Waals surface area contributed by atoms with Gasteiger partial charge in [-0.15, -0.1) is 0 Å². The molecule has 0 aliphatic carbocycles. The summed E-state index contributed by atoms with van der Waals surface area (Å²) in [5.74, 6) is 1.15. The van der Waals surface area contributed by atoms with E-state index in [1.165, 1.54) is 14.0 Å². The van der Waals surface area contributed by atoms with Gasteiger partial charge in [-0.3, -0.25) is 9.59 Å². The number of esters is 1. The molecule has 2 aromatic carbocycles. The molecule has 8 heteroatoms. The van der Waals surface area contributed by atoms with Crippen LogP contribution in [0.4, 0.5) is 5.82 Å². The van der Waals surface area contributed by atoms with Gasteiger partial charge in [-0.25, -0.2) is 9.97 Å². The summed E-state index contributed by atoms with van der Waals surface area (Å²) in [6.45, 7) is 3.91. The van der Waals surface area contributed by atoms with Crippen LogP contribution in [0.25, 0.3) is 17.3 Å². The van der Waals surface area contributed by atoms with Crippen LogP contribution in [0, 0.1) is 0 Å². The first kappa shape index (κ1) is 23.0. The van der Waals surface area contributed by atoms with Gasteiger partial charge < -0.3 is 19.3 Å². The first-order chi connectivity index (χ1) is 16.5. The van der Waals surface area contributed by atoms with Crippen molar-refractivity contribution < 1.29 is 19.1 Å². The molecule has 0 N–H and O–H groups in total. The van der Waals surface area contributed by atoms with Crippen LogP contribution in [0.1, 0.15) is 12.5 Å². The molecule has 1 fully saturated rings. The number of hydrogen-bond acceptors (Lipinski definition) is 7. The predicted molar refractivity (Wildman–Crippen MR) is 130 cm³/mol. The molecule has 3 aromatic rings. The molecule has 0 spiro atoms. The number of piperazine rings is 1. The lowest BCUT2D eigenvalue weighted by Crippen LogP contribution is -2.48. The van der Waals surface area contributed by atoms with Crippen LogP contribution < -0.4 is 14.4 Å². The standard InChI is InChI=1S/C26H26N4O4/c1-19(31)34-23-10-8-20(16-24(23)33-2)9-11-26(32)30-14-12-29(13-15-30)25-17-22(27-18-28-25)21-6-4-3-5-7-21/h3-11,16-18H,12-15H2,1-2H3/b11-9+. The van der Waals surface area contributed by atoms with E-state index in [1.807, 2.05) is 41.3 Å². The zero-order chi connectivity index (χ0) is 23.9. The van der Waals surface area contributed by atoms with Crippen LogP contribution in [0.3, 0.4) is 0 Å². The fraction of sp³-hybridized carbons (Fsp3) is 0.231. The van der Waals surface area contributed by atoms with Gasteiger partial charge in [-0.1, -0.05) is 36.4 Å². The summed E-state index contributed by atoms with van der Waals surface area (Å²) in [6, 6.07) is 17.1. The van der Waals surface area contributed by atoms with Gasteiger partial charge in [0, 0.05) is 50.8 Å². The quantitative estimate of drug-likeness (QED) is 0.318. The van der Waals surface area contributed by atoms with Crippen molar-refractivity contribution in [3.05, 3.63) is 72.6 Å². The highest BCUT2D eigenvalue weighted by atomic mass is 16.6. The van der Waals surface area contributed by atoms with Gasteiger partial charge in [-0.05, 0) is 23.8 Å². The van der Waals surface area contributed by atoms with Gasteiger partial charge in [-0.2, -0.15) is 0 Å². The molecule has 1 saturated heterocycles. The van der Waals surface area contributed by atoms with Gasteiger partial charge in [0.25, 0.3) is 0 Å². The number of anilines is 1. The molecule has 0 unspecified atom stereocenters. The van der Waals surface area contributed by atoms with Gasteiger partial charge >= 0.3 is 5.97 Å². The largest absolute Gasteiger partial charge is 0.493 e. The lowest BCUT2D eigenvalue weighted by molar-refractivity contribution is -0.132. The molecule has 2 heterocycles. The molecule has 1 aliphatic rings. The summed E-state index contributed by atoms with van der Waals surface area (Å²) in [6.07, 6.45) is 4.86. The van der Waals surface area contributed by atoms with Crippen LogP contribution in [0.2, 0.25) is 0 Å². The average Bonchev–Trinajstić information content (AvgIpc) is 2.88. The number of ether oxygens (including phenoxy) is 2. The minimum Gasteiger partial charge on any atom is -0.493 e. The van der Waals surface area contributed by atoms with Gasteiger partial charge in [0.15, 0.2) is 11.5 Å².